The number of alkyl halides is 3. The van der Waals surface area contributed by atoms with Gasteiger partial charge in [0.1, 0.15) is 5.02 Å². The molecular weight excluding hydrogens is 287 g/mol. The van der Waals surface area contributed by atoms with Crippen LogP contribution in [0.25, 0.3) is 0 Å². The van der Waals surface area contributed by atoms with Crippen molar-refractivity contribution in [3.63, 3.8) is 0 Å². The van der Waals surface area contributed by atoms with Gasteiger partial charge in [0, 0.05) is 19.1 Å². The standard InChI is InChI=1S/C11H11ClF3NO3/c12-9-3-2-8(6-10(9)16(17)18)7-19-5-1-4-11(13,14)15/h2-3,6H,1,4-5,7H2. The second kappa shape index (κ2) is 6.72. The Balaban J connectivity index is 2.42. The van der Waals surface area contributed by atoms with Crippen LogP contribution in [-0.4, -0.2) is 17.7 Å². The lowest BCUT2D eigenvalue weighted by Crippen LogP contribution is -2.08. The molecule has 0 saturated carbocycles. The summed E-state index contributed by atoms with van der Waals surface area (Å²) in [6, 6.07) is 4.12. The molecule has 0 heterocycles. The van der Waals surface area contributed by atoms with E-state index in [1.807, 2.05) is 0 Å². The molecule has 0 aliphatic heterocycles. The quantitative estimate of drug-likeness (QED) is 0.451. The summed E-state index contributed by atoms with van der Waals surface area (Å²) in [6.07, 6.45) is -5.24. The second-order valence-electron chi connectivity index (χ2n) is 3.81. The summed E-state index contributed by atoms with van der Waals surface area (Å²) in [5.41, 5.74) is 0.237. The highest BCUT2D eigenvalue weighted by atomic mass is 35.5. The molecule has 0 aliphatic carbocycles. The zero-order valence-electron chi connectivity index (χ0n) is 9.74. The Morgan fingerprint density at radius 2 is 2.05 bits per heavy atom. The number of nitro benzene ring substituents is 1. The molecule has 0 unspecified atom stereocenters. The van der Waals surface area contributed by atoms with E-state index in [1.165, 1.54) is 18.2 Å². The maximum atomic E-state index is 11.8. The van der Waals surface area contributed by atoms with E-state index < -0.39 is 17.5 Å². The van der Waals surface area contributed by atoms with Crippen molar-refractivity contribution in [1.29, 1.82) is 0 Å². The maximum absolute atomic E-state index is 11.8. The second-order valence-corrected chi connectivity index (χ2v) is 4.22. The van der Waals surface area contributed by atoms with Crippen molar-refractivity contribution in [2.75, 3.05) is 6.61 Å². The number of rotatable bonds is 6. The Bertz CT molecular complexity index is 451. The number of hydrogen-bond donors (Lipinski definition) is 0. The number of hydrogen-bond acceptors (Lipinski definition) is 3. The Labute approximate surface area is 112 Å². The highest BCUT2D eigenvalue weighted by Crippen LogP contribution is 2.25. The molecule has 0 N–H and O–H groups in total. The van der Waals surface area contributed by atoms with E-state index in [0.717, 1.165) is 0 Å². The van der Waals surface area contributed by atoms with Gasteiger partial charge in [-0.1, -0.05) is 17.7 Å². The van der Waals surface area contributed by atoms with Gasteiger partial charge in [-0.15, -0.1) is 0 Å². The first kappa shape index (κ1) is 15.7. The molecule has 0 aromatic heterocycles. The van der Waals surface area contributed by atoms with E-state index in [1.54, 1.807) is 0 Å². The van der Waals surface area contributed by atoms with E-state index in [0.29, 0.717) is 5.56 Å². The van der Waals surface area contributed by atoms with Crippen LogP contribution in [0.5, 0.6) is 0 Å². The fraction of sp³-hybridized carbons (Fsp3) is 0.455. The van der Waals surface area contributed by atoms with E-state index >= 15 is 0 Å². The number of nitrogens with zero attached hydrogens (tertiary/aromatic N) is 1. The predicted octanol–water partition coefficient (Wildman–Crippen LogP) is 4.11. The molecule has 8 heteroatoms. The monoisotopic (exact) mass is 297 g/mol. The van der Waals surface area contributed by atoms with Gasteiger partial charge >= 0.3 is 6.18 Å². The van der Waals surface area contributed by atoms with Crippen LogP contribution in [-0.2, 0) is 11.3 Å². The van der Waals surface area contributed by atoms with Gasteiger partial charge in [0.25, 0.3) is 5.69 Å². The molecule has 0 bridgehead atoms. The Morgan fingerprint density at radius 3 is 2.63 bits per heavy atom. The zero-order valence-corrected chi connectivity index (χ0v) is 10.5. The first-order chi connectivity index (χ1) is 8.79. The summed E-state index contributed by atoms with van der Waals surface area (Å²) in [6.45, 7) is -0.0498. The molecule has 0 radical (unpaired) electrons. The van der Waals surface area contributed by atoms with Gasteiger partial charge < -0.3 is 4.74 Å². The van der Waals surface area contributed by atoms with Crippen molar-refractivity contribution in [2.24, 2.45) is 0 Å². The highest BCUT2D eigenvalue weighted by molar-refractivity contribution is 6.32. The number of benzene rings is 1. The van der Waals surface area contributed by atoms with Gasteiger partial charge in [-0.2, -0.15) is 13.2 Å². The fourth-order valence-electron chi connectivity index (χ4n) is 1.35. The van der Waals surface area contributed by atoms with Crippen LogP contribution >= 0.6 is 11.6 Å². The highest BCUT2D eigenvalue weighted by Gasteiger charge is 2.25. The molecule has 1 aromatic carbocycles. The molecule has 0 amide bonds. The molecular formula is C11H11ClF3NO3. The number of halogens is 4. The zero-order chi connectivity index (χ0) is 14.5. The minimum absolute atomic E-state index is 0.00539. The van der Waals surface area contributed by atoms with Crippen LogP contribution in [0.3, 0.4) is 0 Å². The third-order valence-corrected chi connectivity index (χ3v) is 2.54. The van der Waals surface area contributed by atoms with Crippen LogP contribution < -0.4 is 0 Å². The van der Waals surface area contributed by atoms with Crippen molar-refractivity contribution in [3.05, 3.63) is 38.9 Å². The summed E-state index contributed by atoms with van der Waals surface area (Å²) in [5, 5.41) is 10.6. The van der Waals surface area contributed by atoms with Crippen LogP contribution in [0.2, 0.25) is 5.02 Å². The maximum Gasteiger partial charge on any atom is 0.389 e. The molecule has 106 valence electrons. The Kier molecular flexibility index (Phi) is 5.56. The smallest absolute Gasteiger partial charge is 0.377 e. The first-order valence-corrected chi connectivity index (χ1v) is 5.75. The largest absolute Gasteiger partial charge is 0.389 e. The minimum Gasteiger partial charge on any atom is -0.377 e. The molecule has 0 saturated heterocycles. The van der Waals surface area contributed by atoms with E-state index in [2.05, 4.69) is 0 Å². The molecule has 4 nitrogen and oxygen atoms in total. The molecule has 1 aromatic rings. The normalized spacial score (nSPS) is 11.6. The lowest BCUT2D eigenvalue weighted by atomic mass is 10.2. The lowest BCUT2D eigenvalue weighted by Gasteiger charge is -2.07. The molecule has 0 spiro atoms. The molecule has 1 rings (SSSR count). The fourth-order valence-corrected chi connectivity index (χ4v) is 1.54. The lowest BCUT2D eigenvalue weighted by molar-refractivity contribution is -0.384. The van der Waals surface area contributed by atoms with Gasteiger partial charge in [0.2, 0.25) is 0 Å². The average Bonchev–Trinajstić information content (AvgIpc) is 2.29. The Morgan fingerprint density at radius 1 is 1.37 bits per heavy atom. The summed E-state index contributed by atoms with van der Waals surface area (Å²) in [7, 11) is 0. The first-order valence-electron chi connectivity index (χ1n) is 5.37. The van der Waals surface area contributed by atoms with Crippen LogP contribution in [0.4, 0.5) is 18.9 Å². The number of nitro groups is 1. The van der Waals surface area contributed by atoms with Crippen LogP contribution in [0.1, 0.15) is 18.4 Å². The summed E-state index contributed by atoms with van der Waals surface area (Å²) >= 11 is 5.62. The van der Waals surface area contributed by atoms with Gasteiger partial charge in [0.05, 0.1) is 11.5 Å². The molecule has 0 aliphatic rings. The van der Waals surface area contributed by atoms with Crippen molar-refractivity contribution in [1.82, 2.24) is 0 Å². The third-order valence-electron chi connectivity index (χ3n) is 2.22. The SMILES string of the molecule is O=[N+]([O-])c1cc(COCCCC(F)(F)F)ccc1Cl. The van der Waals surface area contributed by atoms with Crippen molar-refractivity contribution >= 4 is 17.3 Å². The Hall–Kier alpha value is -1.34. The molecule has 19 heavy (non-hydrogen) atoms. The van der Waals surface area contributed by atoms with E-state index in [4.69, 9.17) is 16.3 Å². The average molecular weight is 298 g/mol. The minimum atomic E-state index is -4.19. The summed E-state index contributed by atoms with van der Waals surface area (Å²) in [5.74, 6) is 0. The van der Waals surface area contributed by atoms with Crippen molar-refractivity contribution in [3.8, 4) is 0 Å². The van der Waals surface area contributed by atoms with Crippen molar-refractivity contribution in [2.45, 2.75) is 25.6 Å². The summed E-state index contributed by atoms with van der Waals surface area (Å²) < 4.78 is 40.6. The summed E-state index contributed by atoms with van der Waals surface area (Å²) in [4.78, 5) is 9.99. The van der Waals surface area contributed by atoms with Crippen LogP contribution in [0.15, 0.2) is 18.2 Å². The van der Waals surface area contributed by atoms with Crippen LogP contribution in [0, 0.1) is 10.1 Å². The van der Waals surface area contributed by atoms with Gasteiger partial charge in [-0.25, -0.2) is 0 Å². The van der Waals surface area contributed by atoms with Crippen molar-refractivity contribution < 1.29 is 22.8 Å². The molecule has 0 atom stereocenters. The van der Waals surface area contributed by atoms with Gasteiger partial charge in [0.15, 0.2) is 0 Å². The predicted molar refractivity (Wildman–Crippen MR) is 63.1 cm³/mol. The van der Waals surface area contributed by atoms with Gasteiger partial charge in [-0.05, 0) is 18.1 Å². The van der Waals surface area contributed by atoms with E-state index in [-0.39, 0.29) is 30.3 Å². The number of ether oxygens (including phenoxy) is 1. The van der Waals surface area contributed by atoms with Gasteiger partial charge in [-0.3, -0.25) is 10.1 Å². The topological polar surface area (TPSA) is 52.4 Å². The molecule has 0 fully saturated rings. The third kappa shape index (κ3) is 5.89. The van der Waals surface area contributed by atoms with E-state index in [9.17, 15) is 23.3 Å².